The summed E-state index contributed by atoms with van der Waals surface area (Å²) in [5, 5.41) is 6.74. The van der Waals surface area contributed by atoms with Gasteiger partial charge in [0.15, 0.2) is 6.33 Å². The largest absolute Gasteiger partial charge is 0.340 e. The second-order valence-corrected chi connectivity index (χ2v) is 4.35. The zero-order chi connectivity index (χ0) is 12.1. The molecule has 4 nitrogen and oxygen atoms in total. The number of hydrogen-bond acceptors (Lipinski definition) is 4. The van der Waals surface area contributed by atoms with E-state index in [1.165, 1.54) is 18.5 Å². The van der Waals surface area contributed by atoms with Crippen molar-refractivity contribution in [2.75, 3.05) is 6.54 Å². The molecule has 0 spiro atoms. The van der Waals surface area contributed by atoms with Crippen molar-refractivity contribution in [2.45, 2.75) is 13.0 Å². The standard InChI is InChI=1S/C11H11BrFN3O/c12-10-5-9(13)2-1-8(10)6-14-4-3-11-15-7-16-17-11/h1-2,5,7,14H,3-4,6H2. The normalized spacial score (nSPS) is 10.7. The van der Waals surface area contributed by atoms with Crippen LogP contribution >= 0.6 is 15.9 Å². The van der Waals surface area contributed by atoms with Crippen molar-refractivity contribution in [3.63, 3.8) is 0 Å². The van der Waals surface area contributed by atoms with E-state index in [4.69, 9.17) is 4.52 Å². The van der Waals surface area contributed by atoms with Crippen LogP contribution in [-0.4, -0.2) is 16.7 Å². The van der Waals surface area contributed by atoms with Crippen molar-refractivity contribution < 1.29 is 8.91 Å². The van der Waals surface area contributed by atoms with Crippen molar-refractivity contribution in [1.29, 1.82) is 0 Å². The third-order valence-corrected chi connectivity index (χ3v) is 2.99. The molecule has 0 saturated carbocycles. The first-order chi connectivity index (χ1) is 8.25. The molecule has 0 radical (unpaired) electrons. The number of nitrogens with one attached hydrogen (secondary N) is 1. The smallest absolute Gasteiger partial charge is 0.227 e. The average Bonchev–Trinajstić information content (AvgIpc) is 2.79. The van der Waals surface area contributed by atoms with Gasteiger partial charge in [-0.15, -0.1) is 0 Å². The maximum atomic E-state index is 12.8. The van der Waals surface area contributed by atoms with E-state index in [1.807, 2.05) is 0 Å². The van der Waals surface area contributed by atoms with Crippen molar-refractivity contribution in [3.05, 3.63) is 46.3 Å². The minimum absolute atomic E-state index is 0.244. The van der Waals surface area contributed by atoms with Crippen LogP contribution < -0.4 is 5.32 Å². The molecule has 0 amide bonds. The molecule has 17 heavy (non-hydrogen) atoms. The van der Waals surface area contributed by atoms with Crippen molar-refractivity contribution in [2.24, 2.45) is 0 Å². The van der Waals surface area contributed by atoms with Gasteiger partial charge < -0.3 is 9.84 Å². The molecule has 1 aromatic carbocycles. The summed E-state index contributed by atoms with van der Waals surface area (Å²) in [5.74, 6) is 0.363. The van der Waals surface area contributed by atoms with Gasteiger partial charge in [-0.25, -0.2) is 4.39 Å². The molecule has 0 unspecified atom stereocenters. The number of hydrogen-bond donors (Lipinski definition) is 1. The van der Waals surface area contributed by atoms with Crippen LogP contribution in [0.2, 0.25) is 0 Å². The fraction of sp³-hybridized carbons (Fsp3) is 0.273. The van der Waals surface area contributed by atoms with E-state index in [2.05, 4.69) is 31.4 Å². The SMILES string of the molecule is Fc1ccc(CNCCc2ncno2)c(Br)c1. The summed E-state index contributed by atoms with van der Waals surface area (Å²) >= 11 is 3.32. The second kappa shape index (κ2) is 5.88. The third kappa shape index (κ3) is 3.61. The highest BCUT2D eigenvalue weighted by Gasteiger charge is 2.02. The number of aromatic nitrogens is 2. The molecule has 6 heteroatoms. The van der Waals surface area contributed by atoms with Crippen LogP contribution in [0, 0.1) is 5.82 Å². The lowest BCUT2D eigenvalue weighted by Gasteiger charge is -2.05. The topological polar surface area (TPSA) is 51.0 Å². The zero-order valence-electron chi connectivity index (χ0n) is 8.99. The van der Waals surface area contributed by atoms with Crippen molar-refractivity contribution in [3.8, 4) is 0 Å². The highest BCUT2D eigenvalue weighted by Crippen LogP contribution is 2.17. The van der Waals surface area contributed by atoms with E-state index in [-0.39, 0.29) is 5.82 Å². The minimum atomic E-state index is -0.244. The lowest BCUT2D eigenvalue weighted by molar-refractivity contribution is 0.375. The summed E-state index contributed by atoms with van der Waals surface area (Å²) in [4.78, 5) is 3.91. The Balaban J connectivity index is 1.78. The molecule has 2 rings (SSSR count). The highest BCUT2D eigenvalue weighted by atomic mass is 79.9. The first-order valence-electron chi connectivity index (χ1n) is 5.16. The molecule has 90 valence electrons. The van der Waals surface area contributed by atoms with Gasteiger partial charge in [-0.3, -0.25) is 0 Å². The van der Waals surface area contributed by atoms with Gasteiger partial charge in [0.1, 0.15) is 5.82 Å². The van der Waals surface area contributed by atoms with Gasteiger partial charge in [-0.2, -0.15) is 4.98 Å². The Bertz CT molecular complexity index is 476. The summed E-state index contributed by atoms with van der Waals surface area (Å²) in [6, 6.07) is 4.65. The molecule has 0 aliphatic carbocycles. The zero-order valence-corrected chi connectivity index (χ0v) is 10.6. The number of nitrogens with zero attached hydrogens (tertiary/aromatic N) is 2. The Morgan fingerprint density at radius 3 is 3.00 bits per heavy atom. The van der Waals surface area contributed by atoms with Gasteiger partial charge in [-0.05, 0) is 17.7 Å². The van der Waals surface area contributed by atoms with Gasteiger partial charge in [0.2, 0.25) is 5.89 Å². The van der Waals surface area contributed by atoms with E-state index < -0.39 is 0 Å². The van der Waals surface area contributed by atoms with Crippen LogP contribution in [-0.2, 0) is 13.0 Å². The van der Waals surface area contributed by atoms with Crippen molar-refractivity contribution in [1.82, 2.24) is 15.5 Å². The van der Waals surface area contributed by atoms with Gasteiger partial charge in [0.05, 0.1) is 0 Å². The highest BCUT2D eigenvalue weighted by molar-refractivity contribution is 9.10. The molecule has 0 aliphatic rings. The first kappa shape index (κ1) is 12.2. The predicted octanol–water partition coefficient (Wildman–Crippen LogP) is 2.30. The molecule has 0 fully saturated rings. The van der Waals surface area contributed by atoms with E-state index in [1.54, 1.807) is 6.07 Å². The Labute approximate surface area is 106 Å². The summed E-state index contributed by atoms with van der Waals surface area (Å²) in [6.45, 7) is 1.39. The monoisotopic (exact) mass is 299 g/mol. The molecular weight excluding hydrogens is 289 g/mol. The summed E-state index contributed by atoms with van der Waals surface area (Å²) in [7, 11) is 0. The maximum Gasteiger partial charge on any atom is 0.227 e. The lowest BCUT2D eigenvalue weighted by Crippen LogP contribution is -2.17. The fourth-order valence-corrected chi connectivity index (χ4v) is 1.88. The van der Waals surface area contributed by atoms with E-state index in [9.17, 15) is 4.39 Å². The van der Waals surface area contributed by atoms with Crippen molar-refractivity contribution >= 4 is 15.9 Å². The summed E-state index contributed by atoms with van der Waals surface area (Å²) in [5.41, 5.74) is 1.01. The molecule has 0 atom stereocenters. The number of halogens is 2. The Morgan fingerprint density at radius 2 is 2.29 bits per heavy atom. The lowest BCUT2D eigenvalue weighted by atomic mass is 10.2. The number of benzene rings is 1. The third-order valence-electron chi connectivity index (χ3n) is 2.25. The minimum Gasteiger partial charge on any atom is -0.340 e. The molecule has 1 heterocycles. The van der Waals surface area contributed by atoms with Crippen LogP contribution in [0.25, 0.3) is 0 Å². The summed E-state index contributed by atoms with van der Waals surface area (Å²) < 4.78 is 18.5. The molecule has 1 N–H and O–H groups in total. The molecule has 0 saturated heterocycles. The Kier molecular flexibility index (Phi) is 4.22. The van der Waals surface area contributed by atoms with E-state index >= 15 is 0 Å². The average molecular weight is 300 g/mol. The Hall–Kier alpha value is -1.27. The van der Waals surface area contributed by atoms with Gasteiger partial charge in [0, 0.05) is 24.0 Å². The van der Waals surface area contributed by atoms with Gasteiger partial charge in [0.25, 0.3) is 0 Å². The molecule has 2 aromatic rings. The molecule has 1 aromatic heterocycles. The van der Waals surface area contributed by atoms with Crippen LogP contribution in [0.15, 0.2) is 33.5 Å². The van der Waals surface area contributed by atoms with Crippen LogP contribution in [0.4, 0.5) is 4.39 Å². The quantitative estimate of drug-likeness (QED) is 0.861. The Morgan fingerprint density at radius 1 is 1.41 bits per heavy atom. The maximum absolute atomic E-state index is 12.8. The van der Waals surface area contributed by atoms with Crippen LogP contribution in [0.5, 0.6) is 0 Å². The van der Waals surface area contributed by atoms with E-state index in [0.29, 0.717) is 18.9 Å². The van der Waals surface area contributed by atoms with Gasteiger partial charge >= 0.3 is 0 Å². The molecule has 0 aliphatic heterocycles. The molecular formula is C11H11BrFN3O. The summed E-state index contributed by atoms with van der Waals surface area (Å²) in [6.07, 6.45) is 2.06. The fourth-order valence-electron chi connectivity index (χ4n) is 1.39. The van der Waals surface area contributed by atoms with E-state index in [0.717, 1.165) is 16.6 Å². The number of rotatable bonds is 5. The predicted molar refractivity (Wildman–Crippen MR) is 63.8 cm³/mol. The van der Waals surface area contributed by atoms with Crippen LogP contribution in [0.3, 0.4) is 0 Å². The van der Waals surface area contributed by atoms with Gasteiger partial charge in [-0.1, -0.05) is 27.2 Å². The first-order valence-corrected chi connectivity index (χ1v) is 5.95. The van der Waals surface area contributed by atoms with Crippen LogP contribution in [0.1, 0.15) is 11.5 Å². The molecule has 0 bridgehead atoms. The second-order valence-electron chi connectivity index (χ2n) is 3.50.